The molecule has 0 atom stereocenters. The Morgan fingerprint density at radius 3 is 3.00 bits per heavy atom. The van der Waals surface area contributed by atoms with Gasteiger partial charge in [0.2, 0.25) is 0 Å². The van der Waals surface area contributed by atoms with Crippen molar-refractivity contribution in [3.63, 3.8) is 0 Å². The maximum atomic E-state index is 11.2. The topological polar surface area (TPSA) is 66.0 Å². The highest BCUT2D eigenvalue weighted by atomic mass is 35.5. The SMILES string of the molecule is O=c1[nH]cnc2c(O)cc(Cl)cc12. The molecule has 0 saturated heterocycles. The van der Waals surface area contributed by atoms with E-state index < -0.39 is 0 Å². The second kappa shape index (κ2) is 2.74. The van der Waals surface area contributed by atoms with E-state index in [0.717, 1.165) is 0 Å². The van der Waals surface area contributed by atoms with Crippen molar-refractivity contribution in [1.29, 1.82) is 0 Å². The predicted molar refractivity (Wildman–Crippen MR) is 49.0 cm³/mol. The van der Waals surface area contributed by atoms with Gasteiger partial charge in [-0.05, 0) is 6.07 Å². The van der Waals surface area contributed by atoms with Gasteiger partial charge >= 0.3 is 0 Å². The van der Waals surface area contributed by atoms with Crippen LogP contribution in [0.2, 0.25) is 5.02 Å². The third kappa shape index (κ3) is 1.25. The standard InChI is InChI=1S/C8H5ClN2O2/c9-4-1-5-7(6(12)2-4)10-3-11-8(5)13/h1-3,12H,(H,10,11,13). The van der Waals surface area contributed by atoms with Crippen LogP contribution in [0.15, 0.2) is 23.3 Å². The maximum absolute atomic E-state index is 11.2. The quantitative estimate of drug-likeness (QED) is 0.667. The van der Waals surface area contributed by atoms with Gasteiger partial charge in [0.05, 0.1) is 11.7 Å². The van der Waals surface area contributed by atoms with E-state index in [2.05, 4.69) is 9.97 Å². The summed E-state index contributed by atoms with van der Waals surface area (Å²) in [5, 5.41) is 9.97. The molecule has 2 aromatic rings. The fourth-order valence-corrected chi connectivity index (χ4v) is 1.34. The number of H-pyrrole nitrogens is 1. The fourth-order valence-electron chi connectivity index (χ4n) is 1.13. The van der Waals surface area contributed by atoms with E-state index >= 15 is 0 Å². The number of benzene rings is 1. The highest BCUT2D eigenvalue weighted by molar-refractivity contribution is 6.31. The number of phenolic OH excluding ortho intramolecular Hbond substituents is 1. The molecular weight excluding hydrogens is 192 g/mol. The molecule has 0 saturated carbocycles. The highest BCUT2D eigenvalue weighted by Gasteiger charge is 2.05. The first-order valence-electron chi connectivity index (χ1n) is 3.54. The van der Waals surface area contributed by atoms with Crippen molar-refractivity contribution in [3.05, 3.63) is 33.8 Å². The molecule has 0 aliphatic heterocycles. The van der Waals surface area contributed by atoms with Crippen LogP contribution >= 0.6 is 11.6 Å². The number of aromatic nitrogens is 2. The number of nitrogens with zero attached hydrogens (tertiary/aromatic N) is 1. The first kappa shape index (κ1) is 8.07. The lowest BCUT2D eigenvalue weighted by molar-refractivity contribution is 0.480. The van der Waals surface area contributed by atoms with Crippen LogP contribution in [0.1, 0.15) is 0 Å². The zero-order chi connectivity index (χ0) is 9.42. The van der Waals surface area contributed by atoms with Crippen LogP contribution in [0.25, 0.3) is 10.9 Å². The van der Waals surface area contributed by atoms with Gasteiger partial charge in [-0.2, -0.15) is 0 Å². The van der Waals surface area contributed by atoms with Crippen LogP contribution in [-0.4, -0.2) is 15.1 Å². The average Bonchev–Trinajstić information content (AvgIpc) is 2.07. The minimum Gasteiger partial charge on any atom is -0.506 e. The van der Waals surface area contributed by atoms with Crippen molar-refractivity contribution < 1.29 is 5.11 Å². The Morgan fingerprint density at radius 1 is 1.46 bits per heavy atom. The van der Waals surface area contributed by atoms with E-state index in [9.17, 15) is 9.90 Å². The molecular formula is C8H5ClN2O2. The number of hydrogen-bond acceptors (Lipinski definition) is 3. The third-order valence-electron chi connectivity index (χ3n) is 1.69. The van der Waals surface area contributed by atoms with Gasteiger partial charge < -0.3 is 10.1 Å². The number of halogens is 1. The Morgan fingerprint density at radius 2 is 2.23 bits per heavy atom. The van der Waals surface area contributed by atoms with Gasteiger partial charge in [-0.15, -0.1) is 0 Å². The van der Waals surface area contributed by atoms with E-state index in [1.54, 1.807) is 0 Å². The molecule has 1 heterocycles. The number of fused-ring (bicyclic) bond motifs is 1. The molecule has 0 aliphatic rings. The summed E-state index contributed by atoms with van der Waals surface area (Å²) in [5.74, 6) is -0.0893. The van der Waals surface area contributed by atoms with Crippen LogP contribution in [0.5, 0.6) is 5.75 Å². The second-order valence-electron chi connectivity index (χ2n) is 2.55. The molecule has 0 amide bonds. The molecule has 0 spiro atoms. The van der Waals surface area contributed by atoms with E-state index in [0.29, 0.717) is 5.02 Å². The summed E-state index contributed by atoms with van der Waals surface area (Å²) in [6, 6.07) is 2.80. The van der Waals surface area contributed by atoms with Crippen LogP contribution in [0.4, 0.5) is 0 Å². The van der Waals surface area contributed by atoms with Gasteiger partial charge in [-0.25, -0.2) is 4.98 Å². The number of hydrogen-bond donors (Lipinski definition) is 2. The van der Waals surface area contributed by atoms with Crippen molar-refractivity contribution in [2.24, 2.45) is 0 Å². The summed E-state index contributed by atoms with van der Waals surface area (Å²) < 4.78 is 0. The molecule has 66 valence electrons. The summed E-state index contributed by atoms with van der Waals surface area (Å²) in [6.07, 6.45) is 1.23. The number of rotatable bonds is 0. The Labute approximate surface area is 77.8 Å². The molecule has 1 aromatic heterocycles. The smallest absolute Gasteiger partial charge is 0.258 e. The average molecular weight is 197 g/mol. The Hall–Kier alpha value is -1.55. The molecule has 0 unspecified atom stereocenters. The van der Waals surface area contributed by atoms with E-state index in [-0.39, 0.29) is 22.2 Å². The highest BCUT2D eigenvalue weighted by Crippen LogP contribution is 2.24. The second-order valence-corrected chi connectivity index (χ2v) is 2.99. The van der Waals surface area contributed by atoms with Crippen molar-refractivity contribution >= 4 is 22.5 Å². The van der Waals surface area contributed by atoms with E-state index in [4.69, 9.17) is 11.6 Å². The van der Waals surface area contributed by atoms with Gasteiger partial charge in [-0.1, -0.05) is 11.6 Å². The van der Waals surface area contributed by atoms with E-state index in [1.807, 2.05) is 0 Å². The normalized spacial score (nSPS) is 10.5. The Bertz CT molecular complexity index is 521. The van der Waals surface area contributed by atoms with E-state index in [1.165, 1.54) is 18.5 Å². The van der Waals surface area contributed by atoms with Crippen molar-refractivity contribution in [1.82, 2.24) is 9.97 Å². The summed E-state index contributed by atoms with van der Waals surface area (Å²) in [6.45, 7) is 0. The van der Waals surface area contributed by atoms with Crippen LogP contribution in [0.3, 0.4) is 0 Å². The van der Waals surface area contributed by atoms with Gasteiger partial charge in [0.1, 0.15) is 11.3 Å². The molecule has 2 N–H and O–H groups in total. The number of nitrogens with one attached hydrogen (secondary N) is 1. The lowest BCUT2D eigenvalue weighted by Gasteiger charge is -1.98. The number of aromatic amines is 1. The van der Waals surface area contributed by atoms with Crippen LogP contribution in [0, 0.1) is 0 Å². The summed E-state index contributed by atoms with van der Waals surface area (Å²) in [7, 11) is 0. The molecule has 0 bridgehead atoms. The van der Waals surface area contributed by atoms with Gasteiger partial charge in [0, 0.05) is 11.1 Å². The largest absolute Gasteiger partial charge is 0.506 e. The zero-order valence-corrected chi connectivity index (χ0v) is 7.17. The number of phenols is 1. The van der Waals surface area contributed by atoms with Gasteiger partial charge in [0.15, 0.2) is 0 Å². The molecule has 0 aliphatic carbocycles. The van der Waals surface area contributed by atoms with Crippen molar-refractivity contribution in [2.75, 3.05) is 0 Å². The Kier molecular flexibility index (Phi) is 1.70. The molecule has 13 heavy (non-hydrogen) atoms. The molecule has 0 radical (unpaired) electrons. The summed E-state index contributed by atoms with van der Waals surface area (Å²) in [4.78, 5) is 17.4. The first-order chi connectivity index (χ1) is 6.18. The molecule has 0 fully saturated rings. The molecule has 2 rings (SSSR count). The minimum atomic E-state index is -0.317. The maximum Gasteiger partial charge on any atom is 0.258 e. The first-order valence-corrected chi connectivity index (χ1v) is 3.92. The Balaban J connectivity index is 3.03. The molecule has 5 heteroatoms. The predicted octanol–water partition coefficient (Wildman–Crippen LogP) is 1.28. The monoisotopic (exact) mass is 196 g/mol. The fraction of sp³-hybridized carbons (Fsp3) is 0. The molecule has 1 aromatic carbocycles. The lowest BCUT2D eigenvalue weighted by Crippen LogP contribution is -2.05. The van der Waals surface area contributed by atoms with Crippen molar-refractivity contribution in [2.45, 2.75) is 0 Å². The summed E-state index contributed by atoms with van der Waals surface area (Å²) in [5.41, 5.74) is -0.0593. The zero-order valence-electron chi connectivity index (χ0n) is 6.41. The van der Waals surface area contributed by atoms with Crippen LogP contribution < -0.4 is 5.56 Å². The minimum absolute atomic E-state index is 0.0893. The third-order valence-corrected chi connectivity index (χ3v) is 1.91. The van der Waals surface area contributed by atoms with Crippen LogP contribution in [-0.2, 0) is 0 Å². The lowest BCUT2D eigenvalue weighted by atomic mass is 10.2. The van der Waals surface area contributed by atoms with Gasteiger partial charge in [0.25, 0.3) is 5.56 Å². The molecule has 4 nitrogen and oxygen atoms in total. The summed E-state index contributed by atoms with van der Waals surface area (Å²) >= 11 is 5.66. The van der Waals surface area contributed by atoms with Gasteiger partial charge in [-0.3, -0.25) is 4.79 Å². The number of aromatic hydroxyl groups is 1. The van der Waals surface area contributed by atoms with Crippen molar-refractivity contribution in [3.8, 4) is 5.75 Å².